The van der Waals surface area contributed by atoms with Crippen LogP contribution < -0.4 is 10.6 Å². The first-order chi connectivity index (χ1) is 15.6. The van der Waals surface area contributed by atoms with Gasteiger partial charge in [0.2, 0.25) is 0 Å². The number of anilines is 1. The number of hydrogen-bond donors (Lipinski definition) is 3. The summed E-state index contributed by atoms with van der Waals surface area (Å²) in [4.78, 5) is 9.13. The predicted octanol–water partition coefficient (Wildman–Crippen LogP) is 5.39. The number of pyridine rings is 2. The standard InChI is InChI=1S/C26H26N6/c1-5-7-9-19(6-2)23-14-21-24(16-29-23)31-32-26(21)18(4)30-22-11-13-28-25(17(22)3)20-10-8-12-27-15-20/h5-11,13-16,27H,1,4,12H2,2-3H3,(H,28,30)(H,31,32)/b9-7-,19-6+. The van der Waals surface area contributed by atoms with Gasteiger partial charge in [-0.2, -0.15) is 5.10 Å². The normalized spacial score (nSPS) is 13.8. The number of nitrogens with one attached hydrogen (secondary N) is 3. The smallest absolute Gasteiger partial charge is 0.116 e. The molecule has 0 bridgehead atoms. The van der Waals surface area contributed by atoms with Gasteiger partial charge in [0.1, 0.15) is 5.69 Å². The quantitative estimate of drug-likeness (QED) is 0.445. The second-order valence-corrected chi connectivity index (χ2v) is 7.37. The van der Waals surface area contributed by atoms with E-state index in [0.29, 0.717) is 5.70 Å². The summed E-state index contributed by atoms with van der Waals surface area (Å²) in [6, 6.07) is 3.97. The van der Waals surface area contributed by atoms with Crippen LogP contribution in [0.1, 0.15) is 29.6 Å². The van der Waals surface area contributed by atoms with Crippen molar-refractivity contribution in [1.82, 2.24) is 25.5 Å². The lowest BCUT2D eigenvalue weighted by Crippen LogP contribution is -2.10. The van der Waals surface area contributed by atoms with E-state index in [-0.39, 0.29) is 0 Å². The van der Waals surface area contributed by atoms with E-state index in [4.69, 9.17) is 0 Å². The Bertz CT molecular complexity index is 1300. The molecule has 3 aromatic rings. The highest BCUT2D eigenvalue weighted by Gasteiger charge is 2.15. The Hall–Kier alpha value is -4.19. The Balaban J connectivity index is 1.66. The summed E-state index contributed by atoms with van der Waals surface area (Å²) >= 11 is 0. The van der Waals surface area contributed by atoms with Gasteiger partial charge in [0.15, 0.2) is 0 Å². The molecule has 0 atom stereocenters. The molecule has 6 heteroatoms. The zero-order chi connectivity index (χ0) is 22.5. The summed E-state index contributed by atoms with van der Waals surface area (Å²) in [7, 11) is 0. The number of H-pyrrole nitrogens is 1. The van der Waals surface area contributed by atoms with Crippen LogP contribution in [0.3, 0.4) is 0 Å². The highest BCUT2D eigenvalue weighted by Crippen LogP contribution is 2.29. The molecule has 0 saturated carbocycles. The summed E-state index contributed by atoms with van der Waals surface area (Å²) in [6.07, 6.45) is 17.4. The maximum atomic E-state index is 4.57. The number of fused-ring (bicyclic) bond motifs is 1. The van der Waals surface area contributed by atoms with E-state index >= 15 is 0 Å². The number of nitrogens with zero attached hydrogens (tertiary/aromatic N) is 3. The molecular formula is C26H26N6. The van der Waals surface area contributed by atoms with Crippen molar-refractivity contribution in [3.05, 3.63) is 103 Å². The third kappa shape index (κ3) is 4.16. The van der Waals surface area contributed by atoms with Gasteiger partial charge >= 0.3 is 0 Å². The number of aromatic nitrogens is 4. The van der Waals surface area contributed by atoms with Crippen LogP contribution in [0.2, 0.25) is 0 Å². The Labute approximate surface area is 187 Å². The van der Waals surface area contributed by atoms with E-state index in [1.54, 1.807) is 18.5 Å². The van der Waals surface area contributed by atoms with E-state index in [1.807, 2.05) is 43.5 Å². The van der Waals surface area contributed by atoms with Crippen molar-refractivity contribution in [3.8, 4) is 0 Å². The summed E-state index contributed by atoms with van der Waals surface area (Å²) < 4.78 is 0. The van der Waals surface area contributed by atoms with Gasteiger partial charge in [-0.15, -0.1) is 0 Å². The highest BCUT2D eigenvalue weighted by molar-refractivity contribution is 5.94. The summed E-state index contributed by atoms with van der Waals surface area (Å²) in [5, 5.41) is 15.2. The van der Waals surface area contributed by atoms with E-state index < -0.39 is 0 Å². The van der Waals surface area contributed by atoms with Crippen LogP contribution >= 0.6 is 0 Å². The van der Waals surface area contributed by atoms with Gasteiger partial charge in [0.25, 0.3) is 0 Å². The Morgan fingerprint density at radius 2 is 2.16 bits per heavy atom. The molecule has 32 heavy (non-hydrogen) atoms. The molecule has 0 amide bonds. The zero-order valence-electron chi connectivity index (χ0n) is 18.3. The Kier molecular flexibility index (Phi) is 6.12. The average molecular weight is 423 g/mol. The monoisotopic (exact) mass is 422 g/mol. The van der Waals surface area contributed by atoms with E-state index in [1.165, 1.54) is 0 Å². The molecule has 3 aromatic heterocycles. The first kappa shape index (κ1) is 21.1. The average Bonchev–Trinajstić information content (AvgIpc) is 3.25. The maximum Gasteiger partial charge on any atom is 0.116 e. The maximum absolute atomic E-state index is 4.57. The SMILES string of the molecule is C=C/C=C\C(=C/C)c1cc2c(C(=C)Nc3ccnc(C4=CNCC=C4)c3C)n[nH]c2cn1. The number of rotatable bonds is 7. The van der Waals surface area contributed by atoms with Crippen LogP contribution in [0.4, 0.5) is 5.69 Å². The largest absolute Gasteiger partial charge is 0.387 e. The van der Waals surface area contributed by atoms with E-state index in [9.17, 15) is 0 Å². The lowest BCUT2D eigenvalue weighted by Gasteiger charge is -2.15. The molecule has 0 aromatic carbocycles. The third-order valence-electron chi connectivity index (χ3n) is 5.31. The van der Waals surface area contributed by atoms with Crippen LogP contribution in [0.25, 0.3) is 27.7 Å². The van der Waals surface area contributed by atoms with Crippen LogP contribution in [0, 0.1) is 6.92 Å². The van der Waals surface area contributed by atoms with Crippen molar-refractivity contribution in [2.45, 2.75) is 13.8 Å². The van der Waals surface area contributed by atoms with Gasteiger partial charge < -0.3 is 10.6 Å². The molecule has 0 unspecified atom stereocenters. The van der Waals surface area contributed by atoms with Crippen molar-refractivity contribution in [2.75, 3.05) is 11.9 Å². The van der Waals surface area contributed by atoms with Gasteiger partial charge in [0, 0.05) is 35.6 Å². The fourth-order valence-corrected chi connectivity index (χ4v) is 3.61. The van der Waals surface area contributed by atoms with Crippen molar-refractivity contribution in [2.24, 2.45) is 0 Å². The van der Waals surface area contributed by atoms with Gasteiger partial charge in [0.05, 0.1) is 28.8 Å². The molecule has 4 heterocycles. The van der Waals surface area contributed by atoms with Crippen LogP contribution in [0.15, 0.2) is 80.3 Å². The fourth-order valence-electron chi connectivity index (χ4n) is 3.61. The molecule has 6 nitrogen and oxygen atoms in total. The van der Waals surface area contributed by atoms with Crippen molar-refractivity contribution in [1.29, 1.82) is 0 Å². The van der Waals surface area contributed by atoms with E-state index in [2.05, 4.69) is 63.0 Å². The molecule has 4 rings (SSSR count). The number of hydrogen-bond acceptors (Lipinski definition) is 5. The first-order valence-corrected chi connectivity index (χ1v) is 10.4. The second kappa shape index (κ2) is 9.31. The van der Waals surface area contributed by atoms with Gasteiger partial charge in [-0.25, -0.2) is 0 Å². The molecular weight excluding hydrogens is 396 g/mol. The minimum atomic E-state index is 0.698. The van der Waals surface area contributed by atoms with Gasteiger partial charge in [-0.05, 0) is 37.1 Å². The van der Waals surface area contributed by atoms with Crippen molar-refractivity contribution < 1.29 is 0 Å². The van der Waals surface area contributed by atoms with Crippen molar-refractivity contribution >= 4 is 33.4 Å². The summed E-state index contributed by atoms with van der Waals surface area (Å²) in [5.74, 6) is 0. The summed E-state index contributed by atoms with van der Waals surface area (Å²) in [6.45, 7) is 12.9. The lowest BCUT2D eigenvalue weighted by molar-refractivity contribution is 0.973. The van der Waals surface area contributed by atoms with E-state index in [0.717, 1.165) is 56.9 Å². The predicted molar refractivity (Wildman–Crippen MR) is 134 cm³/mol. The van der Waals surface area contributed by atoms with Crippen molar-refractivity contribution in [3.63, 3.8) is 0 Å². The minimum Gasteiger partial charge on any atom is -0.387 e. The number of aromatic amines is 1. The zero-order valence-corrected chi connectivity index (χ0v) is 18.3. The fraction of sp³-hybridized carbons (Fsp3) is 0.115. The molecule has 0 saturated heterocycles. The minimum absolute atomic E-state index is 0.698. The molecule has 1 aliphatic rings. The summed E-state index contributed by atoms with van der Waals surface area (Å²) in [5.41, 5.74) is 8.13. The van der Waals surface area contributed by atoms with Crippen LogP contribution in [0.5, 0.6) is 0 Å². The molecule has 0 fully saturated rings. The Morgan fingerprint density at radius 3 is 2.91 bits per heavy atom. The third-order valence-corrected chi connectivity index (χ3v) is 5.31. The Morgan fingerprint density at radius 1 is 1.28 bits per heavy atom. The number of dihydropyridines is 1. The molecule has 1 aliphatic heterocycles. The van der Waals surface area contributed by atoms with Crippen LogP contribution in [-0.4, -0.2) is 26.7 Å². The van der Waals surface area contributed by atoms with Gasteiger partial charge in [-0.1, -0.05) is 49.6 Å². The highest BCUT2D eigenvalue weighted by atomic mass is 15.1. The lowest BCUT2D eigenvalue weighted by atomic mass is 10.0. The topological polar surface area (TPSA) is 78.5 Å². The molecule has 3 N–H and O–H groups in total. The molecule has 0 aliphatic carbocycles. The molecule has 0 radical (unpaired) electrons. The first-order valence-electron chi connectivity index (χ1n) is 10.4. The molecule has 160 valence electrons. The second-order valence-electron chi connectivity index (χ2n) is 7.37. The van der Waals surface area contributed by atoms with Crippen LogP contribution in [-0.2, 0) is 0 Å². The number of allylic oxidation sites excluding steroid dienone is 7. The molecule has 0 spiro atoms. The van der Waals surface area contributed by atoms with Gasteiger partial charge in [-0.3, -0.25) is 15.1 Å².